The summed E-state index contributed by atoms with van der Waals surface area (Å²) in [5.41, 5.74) is 2.50. The third kappa shape index (κ3) is 2.09. The van der Waals surface area contributed by atoms with Gasteiger partial charge in [-0.3, -0.25) is 0 Å². The molecule has 1 atom stereocenters. The highest BCUT2D eigenvalue weighted by Gasteiger charge is 2.05. The van der Waals surface area contributed by atoms with Crippen LogP contribution in [0.1, 0.15) is 6.42 Å². The molecule has 2 heteroatoms. The fraction of sp³-hybridized carbons (Fsp3) is 0.375. The Balaban J connectivity index is 2.32. The van der Waals surface area contributed by atoms with Crippen molar-refractivity contribution in [2.45, 2.75) is 12.7 Å². The summed E-state index contributed by atoms with van der Waals surface area (Å²) in [6.07, 6.45) is 6.04. The van der Waals surface area contributed by atoms with Gasteiger partial charge in [-0.25, -0.2) is 0 Å². The van der Waals surface area contributed by atoms with Crippen molar-refractivity contribution in [2.24, 2.45) is 0 Å². The fourth-order valence-electron chi connectivity index (χ4n) is 0.715. The van der Waals surface area contributed by atoms with Gasteiger partial charge in [-0.1, -0.05) is 18.4 Å². The lowest BCUT2D eigenvalue weighted by Crippen LogP contribution is -2.15. The first kappa shape index (κ1) is 7.13. The average molecular weight is 138 g/mol. The lowest BCUT2D eigenvalue weighted by molar-refractivity contribution is -0.0765. The van der Waals surface area contributed by atoms with Crippen molar-refractivity contribution >= 4 is 0 Å². The number of ether oxygens (including phenoxy) is 2. The molecule has 0 saturated carbocycles. The van der Waals surface area contributed by atoms with Gasteiger partial charge in [-0.15, -0.1) is 0 Å². The molecule has 1 rings (SSSR count). The Labute approximate surface area is 60.4 Å². The van der Waals surface area contributed by atoms with Crippen LogP contribution in [0.15, 0.2) is 30.7 Å². The molecule has 0 saturated heterocycles. The first-order chi connectivity index (χ1) is 4.93. The highest BCUT2D eigenvalue weighted by Crippen LogP contribution is 2.05. The van der Waals surface area contributed by atoms with E-state index < -0.39 is 0 Å². The van der Waals surface area contributed by atoms with Gasteiger partial charge < -0.3 is 9.47 Å². The minimum Gasteiger partial charge on any atom is -0.461 e. The van der Waals surface area contributed by atoms with Crippen LogP contribution in [-0.2, 0) is 9.47 Å². The first-order valence-corrected chi connectivity index (χ1v) is 3.21. The quantitative estimate of drug-likeness (QED) is 0.328. The molecular weight excluding hydrogens is 128 g/mol. The van der Waals surface area contributed by atoms with Crippen molar-refractivity contribution in [1.29, 1.82) is 0 Å². The number of hydrogen-bond donors (Lipinski definition) is 0. The van der Waals surface area contributed by atoms with Crippen molar-refractivity contribution < 1.29 is 9.47 Å². The van der Waals surface area contributed by atoms with Crippen LogP contribution in [0.4, 0.5) is 0 Å². The van der Waals surface area contributed by atoms with Crippen molar-refractivity contribution in [3.63, 3.8) is 0 Å². The van der Waals surface area contributed by atoms with Gasteiger partial charge >= 0.3 is 0 Å². The van der Waals surface area contributed by atoms with Gasteiger partial charge in [0.15, 0.2) is 0 Å². The van der Waals surface area contributed by atoms with E-state index in [2.05, 4.69) is 12.3 Å². The zero-order valence-corrected chi connectivity index (χ0v) is 5.75. The van der Waals surface area contributed by atoms with Crippen molar-refractivity contribution in [3.8, 4) is 0 Å². The first-order valence-electron chi connectivity index (χ1n) is 3.21. The Morgan fingerprint density at radius 3 is 3.30 bits per heavy atom. The van der Waals surface area contributed by atoms with E-state index in [-0.39, 0.29) is 6.29 Å². The molecule has 0 bridgehead atoms. The SMILES string of the molecule is C=C=COC1C=CCCO1. The molecule has 10 heavy (non-hydrogen) atoms. The van der Waals surface area contributed by atoms with Crippen LogP contribution in [-0.4, -0.2) is 12.9 Å². The van der Waals surface area contributed by atoms with Crippen LogP contribution in [0.3, 0.4) is 0 Å². The van der Waals surface area contributed by atoms with Gasteiger partial charge in [0.1, 0.15) is 6.26 Å². The Kier molecular flexibility index (Phi) is 2.81. The van der Waals surface area contributed by atoms with Crippen molar-refractivity contribution in [3.05, 3.63) is 30.7 Å². The summed E-state index contributed by atoms with van der Waals surface area (Å²) in [6.45, 7) is 4.09. The second-order valence-corrected chi connectivity index (χ2v) is 1.91. The summed E-state index contributed by atoms with van der Waals surface area (Å²) >= 11 is 0. The monoisotopic (exact) mass is 138 g/mol. The Morgan fingerprint density at radius 1 is 1.80 bits per heavy atom. The van der Waals surface area contributed by atoms with E-state index >= 15 is 0 Å². The molecule has 0 fully saturated rings. The summed E-state index contributed by atoms with van der Waals surface area (Å²) in [4.78, 5) is 0. The van der Waals surface area contributed by atoms with E-state index in [0.29, 0.717) is 0 Å². The maximum Gasteiger partial charge on any atom is 0.219 e. The van der Waals surface area contributed by atoms with Gasteiger partial charge in [0.05, 0.1) is 6.61 Å². The molecule has 0 amide bonds. The molecule has 54 valence electrons. The van der Waals surface area contributed by atoms with Gasteiger partial charge in [-0.05, 0) is 12.5 Å². The maximum absolute atomic E-state index is 5.17. The molecule has 1 aliphatic heterocycles. The van der Waals surface area contributed by atoms with Crippen LogP contribution in [0.2, 0.25) is 0 Å². The lowest BCUT2D eigenvalue weighted by Gasteiger charge is -2.15. The zero-order valence-electron chi connectivity index (χ0n) is 5.75. The fourth-order valence-corrected chi connectivity index (χ4v) is 0.715. The normalized spacial score (nSPS) is 23.4. The number of hydrogen-bond acceptors (Lipinski definition) is 2. The molecule has 2 nitrogen and oxygen atoms in total. The minimum absolute atomic E-state index is 0.233. The molecule has 0 spiro atoms. The number of rotatable bonds is 2. The Morgan fingerprint density at radius 2 is 2.70 bits per heavy atom. The minimum atomic E-state index is -0.233. The van der Waals surface area contributed by atoms with E-state index in [1.807, 2.05) is 12.2 Å². The molecule has 1 heterocycles. The van der Waals surface area contributed by atoms with Crippen LogP contribution in [0.25, 0.3) is 0 Å². The van der Waals surface area contributed by atoms with E-state index in [4.69, 9.17) is 9.47 Å². The van der Waals surface area contributed by atoms with E-state index in [9.17, 15) is 0 Å². The van der Waals surface area contributed by atoms with Crippen molar-refractivity contribution in [1.82, 2.24) is 0 Å². The largest absolute Gasteiger partial charge is 0.461 e. The van der Waals surface area contributed by atoms with Crippen LogP contribution < -0.4 is 0 Å². The van der Waals surface area contributed by atoms with Gasteiger partial charge in [-0.2, -0.15) is 0 Å². The third-order valence-corrected chi connectivity index (χ3v) is 1.15. The molecule has 0 N–H and O–H groups in total. The molecule has 0 aromatic rings. The molecule has 1 unspecified atom stereocenters. The van der Waals surface area contributed by atoms with Crippen LogP contribution >= 0.6 is 0 Å². The molecule has 0 aromatic heterocycles. The average Bonchev–Trinajstić information content (AvgIpc) is 2.03. The summed E-state index contributed by atoms with van der Waals surface area (Å²) in [7, 11) is 0. The lowest BCUT2D eigenvalue weighted by atomic mass is 10.3. The summed E-state index contributed by atoms with van der Waals surface area (Å²) in [6, 6.07) is 0. The predicted octanol–water partition coefficient (Wildman–Crippen LogP) is 1.60. The molecule has 0 aromatic carbocycles. The second-order valence-electron chi connectivity index (χ2n) is 1.91. The maximum atomic E-state index is 5.17. The molecule has 0 aliphatic carbocycles. The standard InChI is InChI=1S/C8H10O2/c1-2-6-9-8-5-3-4-7-10-8/h3,5-6,8H,1,4,7H2. The van der Waals surface area contributed by atoms with E-state index in [1.54, 1.807) is 0 Å². The topological polar surface area (TPSA) is 18.5 Å². The smallest absolute Gasteiger partial charge is 0.219 e. The highest BCUT2D eigenvalue weighted by atomic mass is 16.7. The van der Waals surface area contributed by atoms with E-state index in [0.717, 1.165) is 13.0 Å². The second kappa shape index (κ2) is 3.94. The molecular formula is C8H10O2. The zero-order chi connectivity index (χ0) is 7.23. The van der Waals surface area contributed by atoms with Gasteiger partial charge in [0.25, 0.3) is 0 Å². The summed E-state index contributed by atoms with van der Waals surface area (Å²) < 4.78 is 10.2. The van der Waals surface area contributed by atoms with E-state index in [1.165, 1.54) is 6.26 Å². The molecule has 0 radical (unpaired) electrons. The van der Waals surface area contributed by atoms with Crippen molar-refractivity contribution in [2.75, 3.05) is 6.61 Å². The summed E-state index contributed by atoms with van der Waals surface area (Å²) in [5, 5.41) is 0. The van der Waals surface area contributed by atoms with Gasteiger partial charge in [0, 0.05) is 0 Å². The van der Waals surface area contributed by atoms with Crippen LogP contribution in [0.5, 0.6) is 0 Å². The Bertz CT molecular complexity index is 166. The molecule has 1 aliphatic rings. The third-order valence-electron chi connectivity index (χ3n) is 1.15. The van der Waals surface area contributed by atoms with Crippen LogP contribution in [0, 0.1) is 0 Å². The highest BCUT2D eigenvalue weighted by molar-refractivity contribution is 4.89. The predicted molar refractivity (Wildman–Crippen MR) is 38.3 cm³/mol. The Hall–Kier alpha value is -0.980. The van der Waals surface area contributed by atoms with Gasteiger partial charge in [0.2, 0.25) is 6.29 Å². The summed E-state index contributed by atoms with van der Waals surface area (Å²) in [5.74, 6) is 0.